The highest BCUT2D eigenvalue weighted by Gasteiger charge is 2.45. The topological polar surface area (TPSA) is 267 Å². The van der Waals surface area contributed by atoms with Crippen LogP contribution < -0.4 is 21.3 Å². The van der Waals surface area contributed by atoms with Gasteiger partial charge in [0.25, 0.3) is 0 Å². The number of ether oxygens (including phenoxy) is 6. The van der Waals surface area contributed by atoms with Crippen LogP contribution in [0.5, 0.6) is 0 Å². The third kappa shape index (κ3) is 21.0. The molecule has 0 bridgehead atoms. The van der Waals surface area contributed by atoms with Gasteiger partial charge < -0.3 is 59.3 Å². The molecule has 21 nitrogen and oxygen atoms in total. The molecular formula is C62H94N6O15S. The second-order valence-electron chi connectivity index (χ2n) is 22.8. The van der Waals surface area contributed by atoms with Gasteiger partial charge in [-0.2, -0.15) is 11.8 Å². The van der Waals surface area contributed by atoms with Gasteiger partial charge in [0.15, 0.2) is 5.78 Å². The minimum atomic E-state index is -0.991. The summed E-state index contributed by atoms with van der Waals surface area (Å²) in [5, 5.41) is 22.0. The molecule has 6 amide bonds. The van der Waals surface area contributed by atoms with Crippen LogP contribution in [-0.4, -0.2) is 166 Å². The Morgan fingerprint density at radius 2 is 1.55 bits per heavy atom. The minimum absolute atomic E-state index is 0.00563. The van der Waals surface area contributed by atoms with Crippen molar-refractivity contribution in [1.29, 1.82) is 0 Å². The van der Waals surface area contributed by atoms with Gasteiger partial charge in [-0.25, -0.2) is 9.59 Å². The van der Waals surface area contributed by atoms with Crippen LogP contribution in [0, 0.1) is 41.4 Å². The van der Waals surface area contributed by atoms with E-state index in [9.17, 15) is 43.5 Å². The maximum Gasteiger partial charge on any atom is 0.412 e. The number of hydrogen-bond acceptors (Lipinski definition) is 16. The number of thioether (sulfide) groups is 1. The summed E-state index contributed by atoms with van der Waals surface area (Å²) in [4.78, 5) is 113. The lowest BCUT2D eigenvalue weighted by atomic mass is 9.79. The Kier molecular flexibility index (Phi) is 29.8. The maximum atomic E-state index is 14.9. The van der Waals surface area contributed by atoms with E-state index in [0.29, 0.717) is 30.4 Å². The summed E-state index contributed by atoms with van der Waals surface area (Å²) in [5.74, 6) is -4.39. The fourth-order valence-corrected chi connectivity index (χ4v) is 11.7. The number of nitrogens with one attached hydrogen (secondary N) is 4. The number of ketones is 2. The number of likely N-dealkylation sites (N-methyl/N-ethyl adjacent to an activating group) is 2. The number of methoxy groups -OCH3 is 2. The van der Waals surface area contributed by atoms with Crippen molar-refractivity contribution < 1.29 is 71.9 Å². The van der Waals surface area contributed by atoms with Crippen molar-refractivity contribution in [1.82, 2.24) is 20.4 Å². The fraction of sp³-hybridized carbons (Fsp3) is 0.645. The lowest BCUT2D eigenvalue weighted by Gasteiger charge is -2.40. The van der Waals surface area contributed by atoms with Crippen LogP contribution >= 0.6 is 11.8 Å². The van der Waals surface area contributed by atoms with Crippen molar-refractivity contribution in [2.24, 2.45) is 41.4 Å². The molecular weight excluding hydrogens is 1100 g/mol. The zero-order valence-electron chi connectivity index (χ0n) is 51.5. The molecule has 1 heterocycles. The third-order valence-corrected chi connectivity index (χ3v) is 16.6. The largest absolute Gasteiger partial charge is 0.445 e. The number of amides is 6. The standard InChI is InChI=1S/C62H94N6O15S/c1-14-39(6)56(52(78-11)32-50(69)45-23-18-24-46(45)58(79-12)40(7)59(74)64-41(8)57(73)43-20-16-15-17-21-43)67(9)60(75)47(37(2)3)31-51(70)55(38(4)5)68(10)62(77)82-33-42-25-26-48(66-61(76)83-44-22-19-29-80-36-81-34-44)49(30-42)65-53(71)27-28-63-54(72)35-84-13/h15-17,19-22,25-26,30,37-41,44-47,52,55-58,73H,14,18,23-24,27-29,31-36H2,1-13H3,(H,63,72)(H,64,74)(H,65,71)(H,66,76)/b22-19+/t39-,40?,41+,44?,45?,46?,47?,52?,55-,56?,57+,58?/m0/s1. The summed E-state index contributed by atoms with van der Waals surface area (Å²) in [6, 6.07) is 11.6. The highest BCUT2D eigenvalue weighted by atomic mass is 32.2. The second kappa shape index (κ2) is 35.5. The van der Waals surface area contributed by atoms with Crippen molar-refractivity contribution in [3.63, 3.8) is 0 Å². The zero-order valence-corrected chi connectivity index (χ0v) is 52.3. The third-order valence-electron chi connectivity index (χ3n) is 16.1. The van der Waals surface area contributed by atoms with Gasteiger partial charge >= 0.3 is 12.2 Å². The van der Waals surface area contributed by atoms with Crippen LogP contribution in [0.1, 0.15) is 118 Å². The van der Waals surface area contributed by atoms with E-state index < -0.39 is 84.3 Å². The Morgan fingerprint density at radius 1 is 0.833 bits per heavy atom. The smallest absolute Gasteiger partial charge is 0.412 e. The van der Waals surface area contributed by atoms with E-state index in [-0.39, 0.29) is 117 Å². The molecule has 1 fully saturated rings. The molecule has 8 unspecified atom stereocenters. The first kappa shape index (κ1) is 70.6. The summed E-state index contributed by atoms with van der Waals surface area (Å²) in [7, 11) is 6.24. The highest BCUT2D eigenvalue weighted by Crippen LogP contribution is 2.40. The van der Waals surface area contributed by atoms with E-state index in [1.54, 1.807) is 83.4 Å². The molecule has 84 heavy (non-hydrogen) atoms. The van der Waals surface area contributed by atoms with Crippen LogP contribution in [-0.2, 0) is 63.8 Å². The van der Waals surface area contributed by atoms with Crippen molar-refractivity contribution in [2.75, 3.05) is 77.5 Å². The van der Waals surface area contributed by atoms with E-state index in [0.717, 1.165) is 6.42 Å². The van der Waals surface area contributed by atoms with Gasteiger partial charge in [0.05, 0.1) is 72.7 Å². The molecule has 0 radical (unpaired) electrons. The minimum Gasteiger partial charge on any atom is -0.445 e. The summed E-state index contributed by atoms with van der Waals surface area (Å²) in [5.41, 5.74) is 1.44. The van der Waals surface area contributed by atoms with Gasteiger partial charge in [-0.3, -0.25) is 34.1 Å². The monoisotopic (exact) mass is 1190 g/mol. The van der Waals surface area contributed by atoms with Gasteiger partial charge in [0, 0.05) is 66.0 Å². The molecule has 5 N–H and O–H groups in total. The van der Waals surface area contributed by atoms with E-state index in [4.69, 9.17) is 28.4 Å². The summed E-state index contributed by atoms with van der Waals surface area (Å²) >= 11 is 1.35. The molecule has 0 saturated heterocycles. The first-order valence-electron chi connectivity index (χ1n) is 29.3. The number of rotatable bonds is 32. The molecule has 12 atom stereocenters. The molecule has 2 aromatic rings. The number of hydrogen-bond donors (Lipinski definition) is 5. The quantitative estimate of drug-likeness (QED) is 0.0435. The number of nitrogens with zero attached hydrogens (tertiary/aromatic N) is 2. The zero-order chi connectivity index (χ0) is 62.2. The van der Waals surface area contributed by atoms with E-state index >= 15 is 0 Å². The Bertz CT molecular complexity index is 2500. The van der Waals surface area contributed by atoms with Crippen LogP contribution in [0.4, 0.5) is 21.0 Å². The van der Waals surface area contributed by atoms with Crippen LogP contribution in [0.3, 0.4) is 0 Å². The molecule has 468 valence electrons. The number of aliphatic hydroxyl groups excluding tert-OH is 1. The predicted molar refractivity (Wildman–Crippen MR) is 322 cm³/mol. The lowest BCUT2D eigenvalue weighted by Crippen LogP contribution is -2.53. The van der Waals surface area contributed by atoms with Gasteiger partial charge in [0.1, 0.15) is 25.3 Å². The number of carbonyl (C=O) groups excluding carboxylic acids is 8. The molecule has 1 aliphatic carbocycles. The van der Waals surface area contributed by atoms with Crippen molar-refractivity contribution in [3.8, 4) is 0 Å². The van der Waals surface area contributed by atoms with E-state index in [1.165, 1.54) is 43.0 Å². The molecule has 0 aromatic heterocycles. The molecule has 1 saturated carbocycles. The summed E-state index contributed by atoms with van der Waals surface area (Å²) in [6.45, 7) is 15.0. The van der Waals surface area contributed by atoms with Crippen molar-refractivity contribution >= 4 is 70.5 Å². The maximum absolute atomic E-state index is 14.9. The van der Waals surface area contributed by atoms with Gasteiger partial charge in [-0.05, 0) is 79.0 Å². The average Bonchev–Trinajstić information content (AvgIpc) is 3.44. The lowest BCUT2D eigenvalue weighted by molar-refractivity contribution is -0.147. The van der Waals surface area contributed by atoms with Crippen molar-refractivity contribution in [2.45, 2.75) is 149 Å². The Balaban J connectivity index is 1.46. The molecule has 22 heteroatoms. The first-order valence-corrected chi connectivity index (χ1v) is 30.7. The highest BCUT2D eigenvalue weighted by molar-refractivity contribution is 7.99. The predicted octanol–water partition coefficient (Wildman–Crippen LogP) is 7.95. The molecule has 2 aromatic carbocycles. The Morgan fingerprint density at radius 3 is 2.19 bits per heavy atom. The number of Topliss-reactive ketones (excluding diaryl/α,β-unsaturated/α-hetero) is 2. The second-order valence-corrected chi connectivity index (χ2v) is 23.7. The van der Waals surface area contributed by atoms with Crippen LogP contribution in [0.2, 0.25) is 0 Å². The van der Waals surface area contributed by atoms with E-state index in [2.05, 4.69) is 21.3 Å². The van der Waals surface area contributed by atoms with Gasteiger partial charge in [-0.1, -0.05) is 104 Å². The Hall–Kier alpha value is -5.91. The van der Waals surface area contributed by atoms with Gasteiger partial charge in [-0.15, -0.1) is 0 Å². The average molecular weight is 1200 g/mol. The Labute approximate surface area is 501 Å². The van der Waals surface area contributed by atoms with Crippen LogP contribution in [0.15, 0.2) is 60.7 Å². The summed E-state index contributed by atoms with van der Waals surface area (Å²) < 4.78 is 34.0. The van der Waals surface area contributed by atoms with Crippen molar-refractivity contribution in [3.05, 3.63) is 71.8 Å². The fourth-order valence-electron chi connectivity index (χ4n) is 11.3. The SMILES string of the molecule is CC[C@H](C)C(C(CC(=O)C1CCCC1C(OC)C(C)C(=O)N[C@H](C)[C@@H](O)c1ccccc1)OC)N(C)C(=O)C(CC(=O)[C@H](C(C)C)N(C)C(=O)OCc1ccc(NC(=O)OC2/C=C/COCOC2)c(NC(=O)CCNC(=O)CSC)c1)C(C)C. The van der Waals surface area contributed by atoms with E-state index in [1.807, 2.05) is 45.9 Å². The number of anilines is 2. The molecule has 1 aliphatic heterocycles. The first-order chi connectivity index (χ1) is 40.0. The molecule has 2 aliphatic rings. The number of benzene rings is 2. The number of aliphatic hydroxyl groups is 1. The molecule has 0 spiro atoms. The number of carbonyl (C=O) groups is 8. The van der Waals surface area contributed by atoms with Gasteiger partial charge in [0.2, 0.25) is 23.6 Å². The van der Waals surface area contributed by atoms with Crippen LogP contribution in [0.25, 0.3) is 0 Å². The molecule has 4 rings (SSSR count). The normalized spacial score (nSPS) is 19.8. The summed E-state index contributed by atoms with van der Waals surface area (Å²) in [6.07, 6.45) is 3.01.